The first-order valence-electron chi connectivity index (χ1n) is 4.80. The zero-order chi connectivity index (χ0) is 11.4. The molecule has 0 aliphatic rings. The fraction of sp³-hybridized carbons (Fsp3) is 0.200. The number of carbonyl (C=O) groups is 1. The van der Waals surface area contributed by atoms with Gasteiger partial charge in [-0.05, 0) is 19.1 Å². The summed E-state index contributed by atoms with van der Waals surface area (Å²) in [5, 5.41) is 3.92. The Hall–Kier alpha value is -2.24. The second-order valence-electron chi connectivity index (χ2n) is 2.94. The third kappa shape index (κ3) is 1.90. The van der Waals surface area contributed by atoms with Gasteiger partial charge < -0.3 is 4.74 Å². The fourth-order valence-electron chi connectivity index (χ4n) is 1.27. The zero-order valence-electron chi connectivity index (χ0n) is 8.70. The summed E-state index contributed by atoms with van der Waals surface area (Å²) in [5.41, 5.74) is 0.370. The molecule has 2 aromatic heterocycles. The van der Waals surface area contributed by atoms with Crippen LogP contribution in [-0.4, -0.2) is 32.3 Å². The van der Waals surface area contributed by atoms with Crippen molar-refractivity contribution in [2.45, 2.75) is 6.92 Å². The standard InChI is InChI=1S/C10H10N4O2/c1-2-16-10(15)8-4-3-5-12-9(8)14-7-11-6-13-14/h3-7H,2H2,1H3. The van der Waals surface area contributed by atoms with Crippen LogP contribution in [-0.2, 0) is 4.74 Å². The molecule has 0 saturated carbocycles. The Morgan fingerprint density at radius 1 is 1.56 bits per heavy atom. The van der Waals surface area contributed by atoms with Crippen LogP contribution in [0.2, 0.25) is 0 Å². The van der Waals surface area contributed by atoms with Crippen molar-refractivity contribution in [3.63, 3.8) is 0 Å². The molecule has 0 N–H and O–H groups in total. The lowest BCUT2D eigenvalue weighted by Crippen LogP contribution is -2.11. The van der Waals surface area contributed by atoms with Crippen molar-refractivity contribution in [1.82, 2.24) is 19.7 Å². The van der Waals surface area contributed by atoms with Crippen LogP contribution in [0.5, 0.6) is 0 Å². The van der Waals surface area contributed by atoms with Crippen LogP contribution in [0.25, 0.3) is 5.82 Å². The van der Waals surface area contributed by atoms with Crippen LogP contribution < -0.4 is 0 Å². The highest BCUT2D eigenvalue weighted by Gasteiger charge is 2.14. The van der Waals surface area contributed by atoms with Crippen LogP contribution in [0.15, 0.2) is 31.0 Å². The molecule has 2 heterocycles. The molecule has 16 heavy (non-hydrogen) atoms. The van der Waals surface area contributed by atoms with E-state index in [1.165, 1.54) is 17.3 Å². The molecule has 0 aromatic carbocycles. The molecule has 0 aliphatic carbocycles. The molecule has 0 amide bonds. The van der Waals surface area contributed by atoms with E-state index in [4.69, 9.17) is 4.74 Å². The summed E-state index contributed by atoms with van der Waals surface area (Å²) in [6.07, 6.45) is 4.44. The average Bonchev–Trinajstić information content (AvgIpc) is 2.83. The molecular formula is C10H10N4O2. The van der Waals surface area contributed by atoms with E-state index in [2.05, 4.69) is 15.1 Å². The van der Waals surface area contributed by atoms with Gasteiger partial charge in [-0.1, -0.05) is 0 Å². The molecule has 0 saturated heterocycles. The summed E-state index contributed by atoms with van der Waals surface area (Å²) in [7, 11) is 0. The Bertz CT molecular complexity index is 481. The highest BCUT2D eigenvalue weighted by atomic mass is 16.5. The topological polar surface area (TPSA) is 69.9 Å². The molecule has 6 heteroatoms. The lowest BCUT2D eigenvalue weighted by atomic mass is 10.2. The lowest BCUT2D eigenvalue weighted by molar-refractivity contribution is 0.0525. The minimum Gasteiger partial charge on any atom is -0.462 e. The normalized spacial score (nSPS) is 10.1. The Labute approximate surface area is 91.9 Å². The van der Waals surface area contributed by atoms with Crippen LogP contribution in [0.1, 0.15) is 17.3 Å². The van der Waals surface area contributed by atoms with E-state index in [9.17, 15) is 4.79 Å². The van der Waals surface area contributed by atoms with Gasteiger partial charge in [0.25, 0.3) is 0 Å². The Morgan fingerprint density at radius 2 is 2.44 bits per heavy atom. The van der Waals surface area contributed by atoms with E-state index < -0.39 is 5.97 Å². The third-order valence-electron chi connectivity index (χ3n) is 1.92. The van der Waals surface area contributed by atoms with Crippen molar-refractivity contribution < 1.29 is 9.53 Å². The first-order valence-corrected chi connectivity index (χ1v) is 4.80. The maximum Gasteiger partial charge on any atom is 0.341 e. The summed E-state index contributed by atoms with van der Waals surface area (Å²) < 4.78 is 6.35. The van der Waals surface area contributed by atoms with Crippen LogP contribution >= 0.6 is 0 Å². The summed E-state index contributed by atoms with van der Waals surface area (Å²) in [6.45, 7) is 2.08. The summed E-state index contributed by atoms with van der Waals surface area (Å²) in [4.78, 5) is 19.5. The average molecular weight is 218 g/mol. The van der Waals surface area contributed by atoms with E-state index in [-0.39, 0.29) is 0 Å². The molecule has 0 aliphatic heterocycles. The largest absolute Gasteiger partial charge is 0.462 e. The monoisotopic (exact) mass is 218 g/mol. The Kier molecular flexibility index (Phi) is 2.90. The van der Waals surface area contributed by atoms with E-state index in [0.29, 0.717) is 18.0 Å². The van der Waals surface area contributed by atoms with Crippen molar-refractivity contribution in [2.24, 2.45) is 0 Å². The number of pyridine rings is 1. The van der Waals surface area contributed by atoms with Crippen molar-refractivity contribution >= 4 is 5.97 Å². The quantitative estimate of drug-likeness (QED) is 0.714. The van der Waals surface area contributed by atoms with E-state index >= 15 is 0 Å². The van der Waals surface area contributed by atoms with Gasteiger partial charge in [-0.3, -0.25) is 0 Å². The first kappa shape index (κ1) is 10.3. The van der Waals surface area contributed by atoms with Gasteiger partial charge >= 0.3 is 5.97 Å². The van der Waals surface area contributed by atoms with Crippen LogP contribution in [0.3, 0.4) is 0 Å². The minimum atomic E-state index is -0.416. The van der Waals surface area contributed by atoms with E-state index in [1.807, 2.05) is 0 Å². The van der Waals surface area contributed by atoms with Gasteiger partial charge in [0.1, 0.15) is 18.2 Å². The summed E-state index contributed by atoms with van der Waals surface area (Å²) >= 11 is 0. The number of esters is 1. The SMILES string of the molecule is CCOC(=O)c1cccnc1-n1cncn1. The summed E-state index contributed by atoms with van der Waals surface area (Å²) in [5.74, 6) is -0.000417. The maximum atomic E-state index is 11.6. The number of ether oxygens (including phenoxy) is 1. The van der Waals surface area contributed by atoms with Gasteiger partial charge in [-0.15, -0.1) is 0 Å². The van der Waals surface area contributed by atoms with E-state index in [0.717, 1.165) is 0 Å². The molecule has 0 spiro atoms. The van der Waals surface area contributed by atoms with Gasteiger partial charge in [-0.2, -0.15) is 5.10 Å². The van der Waals surface area contributed by atoms with Gasteiger partial charge in [0, 0.05) is 6.20 Å². The molecule has 2 rings (SSSR count). The number of carbonyl (C=O) groups excluding carboxylic acids is 1. The van der Waals surface area contributed by atoms with Crippen molar-refractivity contribution in [1.29, 1.82) is 0 Å². The second kappa shape index (κ2) is 4.52. The number of nitrogens with zero attached hydrogens (tertiary/aromatic N) is 4. The predicted molar refractivity (Wildman–Crippen MR) is 55.1 cm³/mol. The highest BCUT2D eigenvalue weighted by Crippen LogP contribution is 2.10. The number of hydrogen-bond acceptors (Lipinski definition) is 5. The predicted octanol–water partition coefficient (Wildman–Crippen LogP) is 0.839. The molecule has 0 radical (unpaired) electrons. The highest BCUT2D eigenvalue weighted by molar-refractivity contribution is 5.92. The first-order chi connectivity index (χ1) is 7.83. The van der Waals surface area contributed by atoms with Crippen molar-refractivity contribution in [3.8, 4) is 5.82 Å². The molecule has 0 fully saturated rings. The minimum absolute atomic E-state index is 0.324. The number of hydrogen-bond donors (Lipinski definition) is 0. The number of aromatic nitrogens is 4. The summed E-state index contributed by atoms with van der Waals surface area (Å²) in [6, 6.07) is 3.31. The van der Waals surface area contributed by atoms with E-state index in [1.54, 1.807) is 25.3 Å². The number of rotatable bonds is 3. The van der Waals surface area contributed by atoms with Crippen LogP contribution in [0.4, 0.5) is 0 Å². The fourth-order valence-corrected chi connectivity index (χ4v) is 1.27. The molecule has 2 aromatic rings. The van der Waals surface area contributed by atoms with Gasteiger partial charge in [0.2, 0.25) is 0 Å². The smallest absolute Gasteiger partial charge is 0.341 e. The molecule has 0 atom stereocenters. The van der Waals surface area contributed by atoms with Crippen LogP contribution in [0, 0.1) is 0 Å². The third-order valence-corrected chi connectivity index (χ3v) is 1.92. The zero-order valence-corrected chi connectivity index (χ0v) is 8.70. The molecule has 0 unspecified atom stereocenters. The molecule has 82 valence electrons. The van der Waals surface area contributed by atoms with Gasteiger partial charge in [0.05, 0.1) is 6.61 Å². The van der Waals surface area contributed by atoms with Crippen molar-refractivity contribution in [3.05, 3.63) is 36.5 Å². The Morgan fingerprint density at radius 3 is 3.12 bits per heavy atom. The Balaban J connectivity index is 2.42. The molecule has 0 bridgehead atoms. The maximum absolute atomic E-state index is 11.6. The van der Waals surface area contributed by atoms with Crippen molar-refractivity contribution in [2.75, 3.05) is 6.61 Å². The molecular weight excluding hydrogens is 208 g/mol. The molecule has 6 nitrogen and oxygen atoms in total. The van der Waals surface area contributed by atoms with Gasteiger partial charge in [0.15, 0.2) is 5.82 Å². The second-order valence-corrected chi connectivity index (χ2v) is 2.94. The lowest BCUT2D eigenvalue weighted by Gasteiger charge is -2.06. The van der Waals surface area contributed by atoms with Gasteiger partial charge in [-0.25, -0.2) is 19.4 Å².